The zero-order chi connectivity index (χ0) is 25.4. The van der Waals surface area contributed by atoms with Crippen molar-refractivity contribution < 1.29 is 28.8 Å². The first-order valence-corrected chi connectivity index (χ1v) is 12.1. The monoisotopic (exact) mass is 482 g/mol. The second-order valence-corrected chi connectivity index (χ2v) is 11.1. The summed E-state index contributed by atoms with van der Waals surface area (Å²) in [5, 5.41) is 23.3. The van der Waals surface area contributed by atoms with Crippen molar-refractivity contribution in [2.24, 2.45) is 10.8 Å². The highest BCUT2D eigenvalue weighted by atomic mass is 16.5. The predicted octanol–water partition coefficient (Wildman–Crippen LogP) is 4.57. The lowest BCUT2D eigenvalue weighted by Gasteiger charge is -2.65. The highest BCUT2D eigenvalue weighted by Crippen LogP contribution is 2.65. The molecule has 0 spiro atoms. The Balaban J connectivity index is 1.66. The Hall–Kier alpha value is -2.77. The molecular weight excluding hydrogens is 448 g/mol. The molecule has 1 aliphatic heterocycles. The van der Waals surface area contributed by atoms with Crippen LogP contribution in [0.5, 0.6) is 17.2 Å². The van der Waals surface area contributed by atoms with Crippen molar-refractivity contribution in [3.63, 3.8) is 0 Å². The van der Waals surface area contributed by atoms with Gasteiger partial charge < -0.3 is 28.8 Å². The fourth-order valence-electron chi connectivity index (χ4n) is 6.70. The molecule has 2 aromatic rings. The van der Waals surface area contributed by atoms with Crippen LogP contribution < -0.4 is 19.8 Å². The van der Waals surface area contributed by atoms with Gasteiger partial charge in [-0.25, -0.2) is 4.79 Å². The zero-order valence-electron chi connectivity index (χ0n) is 21.2. The normalized spacial score (nSPS) is 32.9. The summed E-state index contributed by atoms with van der Waals surface area (Å²) in [6.45, 7) is 8.00. The Morgan fingerprint density at radius 1 is 1.00 bits per heavy atom. The van der Waals surface area contributed by atoms with Crippen molar-refractivity contribution in [1.29, 1.82) is 0 Å². The standard InChI is InChI=1S/C28H34O7/c1-25(2)10-9-23(29)27(4)22-14-17-20(35-26(22,3)11-12-28(25,27)31)15-19(34-24(17)30)16-7-8-18(32-5)21(13-16)33-6/h7-8,13-15,23,29,31H,9-12H2,1-6H3/t23-,26-,27+,28-/m1/s1. The summed E-state index contributed by atoms with van der Waals surface area (Å²) < 4.78 is 22.9. The van der Waals surface area contributed by atoms with Crippen LogP contribution in [0.25, 0.3) is 17.4 Å². The molecule has 2 saturated carbocycles. The summed E-state index contributed by atoms with van der Waals surface area (Å²) in [7, 11) is 3.11. The molecule has 2 aliphatic carbocycles. The van der Waals surface area contributed by atoms with Crippen LogP contribution in [-0.4, -0.2) is 41.7 Å². The van der Waals surface area contributed by atoms with Gasteiger partial charge >= 0.3 is 5.63 Å². The number of rotatable bonds is 3. The third-order valence-corrected chi connectivity index (χ3v) is 9.02. The van der Waals surface area contributed by atoms with Crippen LogP contribution in [0, 0.1) is 10.8 Å². The number of hydrogen-bond donors (Lipinski definition) is 2. The number of aliphatic hydroxyl groups excluding tert-OH is 1. The van der Waals surface area contributed by atoms with Crippen molar-refractivity contribution in [2.75, 3.05) is 14.2 Å². The fraction of sp³-hybridized carbons (Fsp3) is 0.536. The number of ether oxygens (including phenoxy) is 3. The fourth-order valence-corrected chi connectivity index (χ4v) is 6.70. The van der Waals surface area contributed by atoms with E-state index in [1.54, 1.807) is 44.6 Å². The van der Waals surface area contributed by atoms with Crippen LogP contribution in [0.2, 0.25) is 0 Å². The van der Waals surface area contributed by atoms with Crippen molar-refractivity contribution in [1.82, 2.24) is 0 Å². The topological polar surface area (TPSA) is 98.4 Å². The first kappa shape index (κ1) is 23.9. The summed E-state index contributed by atoms with van der Waals surface area (Å²) >= 11 is 0. The molecule has 7 heteroatoms. The molecule has 2 N–H and O–H groups in total. The van der Waals surface area contributed by atoms with Gasteiger partial charge in [0.25, 0.3) is 0 Å². The van der Waals surface area contributed by atoms with Gasteiger partial charge in [-0.15, -0.1) is 0 Å². The predicted molar refractivity (Wildman–Crippen MR) is 132 cm³/mol. The summed E-state index contributed by atoms with van der Waals surface area (Å²) in [6.07, 6.45) is 3.37. The third kappa shape index (κ3) is 3.14. The average molecular weight is 483 g/mol. The minimum atomic E-state index is -1.14. The maximum Gasteiger partial charge on any atom is 0.347 e. The summed E-state index contributed by atoms with van der Waals surface area (Å²) in [5.74, 6) is 1.88. The second kappa shape index (κ2) is 7.61. The van der Waals surface area contributed by atoms with Gasteiger partial charge in [0.05, 0.1) is 25.9 Å². The van der Waals surface area contributed by atoms with E-state index >= 15 is 0 Å². The average Bonchev–Trinajstić information content (AvgIpc) is 2.82. The Morgan fingerprint density at radius 3 is 2.40 bits per heavy atom. The van der Waals surface area contributed by atoms with Gasteiger partial charge in [0.15, 0.2) is 11.5 Å². The summed E-state index contributed by atoms with van der Waals surface area (Å²) in [6, 6.07) is 7.02. The number of hydrogen-bond acceptors (Lipinski definition) is 7. The van der Waals surface area contributed by atoms with E-state index in [0.29, 0.717) is 53.4 Å². The molecule has 35 heavy (non-hydrogen) atoms. The van der Waals surface area contributed by atoms with E-state index in [1.807, 2.05) is 13.8 Å². The summed E-state index contributed by atoms with van der Waals surface area (Å²) in [4.78, 5) is 13.2. The molecule has 188 valence electrons. The third-order valence-electron chi connectivity index (χ3n) is 9.02. The van der Waals surface area contributed by atoms with Crippen LogP contribution >= 0.6 is 0 Å². The Kier molecular flexibility index (Phi) is 5.21. The van der Waals surface area contributed by atoms with E-state index < -0.39 is 33.8 Å². The van der Waals surface area contributed by atoms with Crippen LogP contribution in [0.1, 0.15) is 58.9 Å². The lowest BCUT2D eigenvalue weighted by atomic mass is 9.43. The van der Waals surface area contributed by atoms with Crippen LogP contribution in [-0.2, 0) is 0 Å². The van der Waals surface area contributed by atoms with Gasteiger partial charge in [-0.2, -0.15) is 0 Å². The molecule has 0 radical (unpaired) electrons. The molecule has 2 heterocycles. The van der Waals surface area contributed by atoms with Gasteiger partial charge in [0.1, 0.15) is 22.7 Å². The second-order valence-electron chi connectivity index (χ2n) is 11.1. The number of methoxy groups -OCH3 is 2. The zero-order valence-corrected chi connectivity index (χ0v) is 21.2. The van der Waals surface area contributed by atoms with Gasteiger partial charge in [-0.1, -0.05) is 20.8 Å². The maximum absolute atomic E-state index is 13.2. The smallest absolute Gasteiger partial charge is 0.347 e. The highest BCUT2D eigenvalue weighted by Gasteiger charge is 2.69. The van der Waals surface area contributed by atoms with E-state index in [-0.39, 0.29) is 0 Å². The number of benzene rings is 1. The Morgan fingerprint density at radius 2 is 1.71 bits per heavy atom. The molecule has 7 nitrogen and oxygen atoms in total. The molecule has 0 saturated heterocycles. The SMILES string of the molecule is COc1ccc(-c2cc3c(c(=O)o2)C=C2[C@@](C)(CC[C@@]4(O)C(C)(C)CC[C@@H](O)[C@]24C)O3)cc1OC. The molecule has 2 fully saturated rings. The Bertz CT molecular complexity index is 1270. The molecule has 3 aliphatic rings. The minimum Gasteiger partial charge on any atom is -0.493 e. The molecule has 0 amide bonds. The van der Waals surface area contributed by atoms with E-state index in [4.69, 9.17) is 18.6 Å². The number of fused-ring (bicyclic) bond motifs is 4. The molecule has 0 bridgehead atoms. The van der Waals surface area contributed by atoms with Gasteiger partial charge in [-0.3, -0.25) is 0 Å². The minimum absolute atomic E-state index is 0.294. The summed E-state index contributed by atoms with van der Waals surface area (Å²) in [5.41, 5.74) is -2.11. The van der Waals surface area contributed by atoms with Gasteiger partial charge in [0.2, 0.25) is 0 Å². The van der Waals surface area contributed by atoms with Crippen molar-refractivity contribution in [3.8, 4) is 28.6 Å². The van der Waals surface area contributed by atoms with Crippen molar-refractivity contribution in [3.05, 3.63) is 45.8 Å². The van der Waals surface area contributed by atoms with Crippen molar-refractivity contribution >= 4 is 6.08 Å². The first-order valence-electron chi connectivity index (χ1n) is 12.1. The van der Waals surface area contributed by atoms with E-state index in [9.17, 15) is 15.0 Å². The van der Waals surface area contributed by atoms with Crippen LogP contribution in [0.4, 0.5) is 0 Å². The maximum atomic E-state index is 13.2. The lowest BCUT2D eigenvalue weighted by Crippen LogP contribution is -2.70. The molecular formula is C28H34O7. The van der Waals surface area contributed by atoms with Gasteiger partial charge in [-0.05, 0) is 67.9 Å². The number of aliphatic hydroxyl groups is 2. The molecule has 5 rings (SSSR count). The molecule has 1 aromatic carbocycles. The molecule has 1 aromatic heterocycles. The van der Waals surface area contributed by atoms with E-state index in [0.717, 1.165) is 12.0 Å². The molecule has 4 atom stereocenters. The van der Waals surface area contributed by atoms with Crippen molar-refractivity contribution in [2.45, 2.75) is 70.7 Å². The van der Waals surface area contributed by atoms with Gasteiger partial charge in [0, 0.05) is 17.0 Å². The quantitative estimate of drug-likeness (QED) is 0.661. The largest absolute Gasteiger partial charge is 0.493 e. The Labute approximate surface area is 205 Å². The lowest BCUT2D eigenvalue weighted by molar-refractivity contribution is -0.237. The molecule has 0 unspecified atom stereocenters. The highest BCUT2D eigenvalue weighted by molar-refractivity contribution is 5.70. The van der Waals surface area contributed by atoms with E-state index in [1.165, 1.54) is 0 Å². The van der Waals surface area contributed by atoms with Crippen LogP contribution in [0.3, 0.4) is 0 Å². The van der Waals surface area contributed by atoms with Crippen LogP contribution in [0.15, 0.2) is 39.1 Å². The first-order chi connectivity index (χ1) is 16.4. The van der Waals surface area contributed by atoms with E-state index in [2.05, 4.69) is 13.8 Å².